The maximum Gasteiger partial charge on any atom is 0.0438 e. The second kappa shape index (κ2) is 7.09. The molecule has 0 aliphatic carbocycles. The summed E-state index contributed by atoms with van der Waals surface area (Å²) in [5.74, 6) is 0. The van der Waals surface area contributed by atoms with Crippen molar-refractivity contribution < 1.29 is 0 Å². The molecule has 0 spiro atoms. The van der Waals surface area contributed by atoms with E-state index in [1.807, 2.05) is 6.08 Å². The number of halogens is 1. The Balaban J connectivity index is 2.19. The molecule has 1 N–H and O–H groups in total. The van der Waals surface area contributed by atoms with Gasteiger partial charge in [-0.15, -0.1) is 6.58 Å². The van der Waals surface area contributed by atoms with Gasteiger partial charge in [-0.1, -0.05) is 29.8 Å². The van der Waals surface area contributed by atoms with Crippen molar-refractivity contribution >= 4 is 11.6 Å². The topological polar surface area (TPSA) is 15.3 Å². The van der Waals surface area contributed by atoms with Gasteiger partial charge in [-0.25, -0.2) is 0 Å². The maximum atomic E-state index is 6.28. The zero-order chi connectivity index (χ0) is 13.7. The third-order valence-corrected chi connectivity index (χ3v) is 4.22. The Morgan fingerprint density at radius 3 is 2.79 bits per heavy atom. The van der Waals surface area contributed by atoms with Gasteiger partial charge in [-0.05, 0) is 37.0 Å². The zero-order valence-electron chi connectivity index (χ0n) is 11.7. The van der Waals surface area contributed by atoms with Crippen molar-refractivity contribution in [3.63, 3.8) is 0 Å². The van der Waals surface area contributed by atoms with Crippen LogP contribution in [0, 0.1) is 6.92 Å². The fourth-order valence-electron chi connectivity index (χ4n) is 2.65. The summed E-state index contributed by atoms with van der Waals surface area (Å²) >= 11 is 6.28. The number of hydrogen-bond acceptors (Lipinski definition) is 2. The Morgan fingerprint density at radius 1 is 1.42 bits per heavy atom. The Hall–Kier alpha value is -0.830. The minimum Gasteiger partial charge on any atom is -0.314 e. The van der Waals surface area contributed by atoms with Crippen LogP contribution < -0.4 is 5.32 Å². The van der Waals surface area contributed by atoms with Gasteiger partial charge in [0.25, 0.3) is 0 Å². The molecule has 1 aliphatic heterocycles. The number of nitrogens with zero attached hydrogens (tertiary/aromatic N) is 1. The fraction of sp³-hybridized carbons (Fsp3) is 0.500. The highest BCUT2D eigenvalue weighted by molar-refractivity contribution is 6.31. The molecule has 2 nitrogen and oxygen atoms in total. The lowest BCUT2D eigenvalue weighted by Gasteiger charge is -2.35. The van der Waals surface area contributed by atoms with Crippen LogP contribution in [0.3, 0.4) is 0 Å². The van der Waals surface area contributed by atoms with Crippen molar-refractivity contribution in [2.75, 3.05) is 26.2 Å². The quantitative estimate of drug-likeness (QED) is 0.829. The highest BCUT2D eigenvalue weighted by Crippen LogP contribution is 2.29. The first-order chi connectivity index (χ1) is 9.22. The Morgan fingerprint density at radius 2 is 2.16 bits per heavy atom. The number of aryl methyl sites for hydroxylation is 1. The average molecular weight is 279 g/mol. The van der Waals surface area contributed by atoms with Crippen LogP contribution in [-0.2, 0) is 0 Å². The highest BCUT2D eigenvalue weighted by atomic mass is 35.5. The number of nitrogens with one attached hydrogen (secondary N) is 1. The summed E-state index contributed by atoms with van der Waals surface area (Å²) in [5.41, 5.74) is 2.48. The van der Waals surface area contributed by atoms with E-state index in [1.165, 1.54) is 5.56 Å². The van der Waals surface area contributed by atoms with Crippen LogP contribution in [-0.4, -0.2) is 31.1 Å². The van der Waals surface area contributed by atoms with Gasteiger partial charge in [-0.2, -0.15) is 0 Å². The van der Waals surface area contributed by atoms with E-state index in [0.717, 1.165) is 49.6 Å². The molecule has 1 aliphatic rings. The van der Waals surface area contributed by atoms with Crippen molar-refractivity contribution in [1.82, 2.24) is 10.2 Å². The molecule has 0 amide bonds. The molecule has 1 heterocycles. The lowest BCUT2D eigenvalue weighted by atomic mass is 9.98. The van der Waals surface area contributed by atoms with Gasteiger partial charge >= 0.3 is 0 Å². The first-order valence-corrected chi connectivity index (χ1v) is 7.42. The molecule has 2 rings (SSSR count). The summed E-state index contributed by atoms with van der Waals surface area (Å²) in [6, 6.07) is 6.93. The summed E-state index contributed by atoms with van der Waals surface area (Å²) in [4.78, 5) is 2.56. The van der Waals surface area contributed by atoms with E-state index in [0.29, 0.717) is 6.04 Å². The molecule has 0 bridgehead atoms. The van der Waals surface area contributed by atoms with Crippen molar-refractivity contribution in [2.45, 2.75) is 25.8 Å². The average Bonchev–Trinajstić information content (AvgIpc) is 2.44. The first-order valence-electron chi connectivity index (χ1n) is 7.04. The number of rotatable bonds is 5. The molecule has 0 unspecified atom stereocenters. The van der Waals surface area contributed by atoms with E-state index in [4.69, 9.17) is 11.6 Å². The normalized spacial score (nSPS) is 18.2. The molecule has 1 saturated heterocycles. The van der Waals surface area contributed by atoms with Gasteiger partial charge in [0.2, 0.25) is 0 Å². The van der Waals surface area contributed by atoms with Crippen LogP contribution in [0.25, 0.3) is 0 Å². The molecule has 1 aromatic rings. The van der Waals surface area contributed by atoms with Gasteiger partial charge in [0, 0.05) is 37.2 Å². The van der Waals surface area contributed by atoms with E-state index in [2.05, 4.69) is 41.9 Å². The zero-order valence-corrected chi connectivity index (χ0v) is 12.4. The Labute approximate surface area is 121 Å². The maximum absolute atomic E-state index is 6.28. The second-order valence-corrected chi connectivity index (χ2v) is 5.58. The number of benzene rings is 1. The minimum absolute atomic E-state index is 0.457. The summed E-state index contributed by atoms with van der Waals surface area (Å²) < 4.78 is 0. The molecule has 3 heteroatoms. The smallest absolute Gasteiger partial charge is 0.0438 e. The van der Waals surface area contributed by atoms with E-state index >= 15 is 0 Å². The fourth-order valence-corrected chi connectivity index (χ4v) is 2.83. The molecule has 104 valence electrons. The van der Waals surface area contributed by atoms with Crippen molar-refractivity contribution in [3.8, 4) is 0 Å². The molecular formula is C16H23ClN2. The Kier molecular flexibility index (Phi) is 5.44. The van der Waals surface area contributed by atoms with Crippen LogP contribution in [0.1, 0.15) is 30.0 Å². The Bertz CT molecular complexity index is 425. The molecule has 1 aromatic carbocycles. The number of hydrogen-bond donors (Lipinski definition) is 1. The number of piperazine rings is 1. The summed E-state index contributed by atoms with van der Waals surface area (Å²) in [6.45, 7) is 10.3. The van der Waals surface area contributed by atoms with Gasteiger partial charge in [0.1, 0.15) is 0 Å². The number of allylic oxidation sites excluding steroid dienone is 1. The van der Waals surface area contributed by atoms with E-state index in [9.17, 15) is 0 Å². The second-order valence-electron chi connectivity index (χ2n) is 5.18. The van der Waals surface area contributed by atoms with Crippen LogP contribution >= 0.6 is 11.6 Å². The lowest BCUT2D eigenvalue weighted by molar-refractivity contribution is 0.166. The molecule has 1 atom stereocenters. The van der Waals surface area contributed by atoms with Gasteiger partial charge in [0.05, 0.1) is 0 Å². The summed E-state index contributed by atoms with van der Waals surface area (Å²) in [7, 11) is 0. The van der Waals surface area contributed by atoms with E-state index < -0.39 is 0 Å². The van der Waals surface area contributed by atoms with E-state index in [1.54, 1.807) is 0 Å². The van der Waals surface area contributed by atoms with E-state index in [-0.39, 0.29) is 0 Å². The van der Waals surface area contributed by atoms with Crippen LogP contribution in [0.5, 0.6) is 0 Å². The molecular weight excluding hydrogens is 256 g/mol. The van der Waals surface area contributed by atoms with Crippen LogP contribution in [0.15, 0.2) is 30.9 Å². The third-order valence-electron chi connectivity index (χ3n) is 3.82. The highest BCUT2D eigenvalue weighted by Gasteiger charge is 2.21. The van der Waals surface area contributed by atoms with Crippen LogP contribution in [0.4, 0.5) is 0 Å². The minimum atomic E-state index is 0.457. The molecule has 0 saturated carbocycles. The summed E-state index contributed by atoms with van der Waals surface area (Å²) in [6.07, 6.45) is 4.16. The predicted octanol–water partition coefficient (Wildman–Crippen LogP) is 3.56. The van der Waals surface area contributed by atoms with Gasteiger partial charge in [-0.3, -0.25) is 4.90 Å². The van der Waals surface area contributed by atoms with Crippen molar-refractivity contribution in [1.29, 1.82) is 0 Å². The van der Waals surface area contributed by atoms with Gasteiger partial charge in [0.15, 0.2) is 0 Å². The molecule has 19 heavy (non-hydrogen) atoms. The summed E-state index contributed by atoms with van der Waals surface area (Å²) in [5, 5.41) is 4.28. The molecule has 0 radical (unpaired) electrons. The van der Waals surface area contributed by atoms with Crippen LogP contribution in [0.2, 0.25) is 5.02 Å². The molecule has 1 fully saturated rings. The van der Waals surface area contributed by atoms with Gasteiger partial charge < -0.3 is 5.32 Å². The first kappa shape index (κ1) is 14.6. The predicted molar refractivity (Wildman–Crippen MR) is 82.8 cm³/mol. The monoisotopic (exact) mass is 278 g/mol. The largest absolute Gasteiger partial charge is 0.314 e. The standard InChI is InChI=1S/C16H23ClN2/c1-3-4-5-16(19-10-8-18-9-11-19)14-7-6-13(2)15(17)12-14/h3,6-7,12,16,18H,1,4-5,8-11H2,2H3/t16-/m1/s1. The lowest BCUT2D eigenvalue weighted by Crippen LogP contribution is -2.45. The SMILES string of the molecule is C=CCC[C@H](c1ccc(C)c(Cl)c1)N1CCNCC1. The molecule has 0 aromatic heterocycles. The third kappa shape index (κ3) is 3.82. The van der Waals surface area contributed by atoms with Crippen molar-refractivity contribution in [2.24, 2.45) is 0 Å². The van der Waals surface area contributed by atoms with Crippen molar-refractivity contribution in [3.05, 3.63) is 47.0 Å².